The molecule has 0 fully saturated rings. The van der Waals surface area contributed by atoms with Crippen LogP contribution in [0.3, 0.4) is 0 Å². The van der Waals surface area contributed by atoms with Crippen molar-refractivity contribution in [3.63, 3.8) is 0 Å². The van der Waals surface area contributed by atoms with Gasteiger partial charge >= 0.3 is 6.03 Å². The molecule has 0 unspecified atom stereocenters. The summed E-state index contributed by atoms with van der Waals surface area (Å²) >= 11 is 0. The van der Waals surface area contributed by atoms with Gasteiger partial charge in [-0.25, -0.2) is 36.7 Å². The van der Waals surface area contributed by atoms with E-state index in [2.05, 4.69) is 30.3 Å². The smallest absolute Gasteiger partial charge is 0.324 e. The number of fused-ring (bicyclic) bond motifs is 1. The Morgan fingerprint density at radius 2 is 1.64 bits per heavy atom. The quantitative estimate of drug-likeness (QED) is 0.242. The summed E-state index contributed by atoms with van der Waals surface area (Å²) < 4.78 is 88.3. The van der Waals surface area contributed by atoms with Gasteiger partial charge in [0.1, 0.15) is 11.7 Å². The van der Waals surface area contributed by atoms with Gasteiger partial charge in [0.25, 0.3) is 12.9 Å². The summed E-state index contributed by atoms with van der Waals surface area (Å²) in [7, 11) is 2.89. The van der Waals surface area contributed by atoms with Crippen molar-refractivity contribution in [2.45, 2.75) is 25.2 Å². The second-order valence-corrected chi connectivity index (χ2v) is 8.19. The van der Waals surface area contributed by atoms with Gasteiger partial charge in [0.15, 0.2) is 34.6 Å². The Morgan fingerprint density at radius 1 is 0.949 bits per heavy atom. The maximum Gasteiger partial charge on any atom is 0.324 e. The van der Waals surface area contributed by atoms with Crippen LogP contribution in [-0.4, -0.2) is 48.2 Å². The van der Waals surface area contributed by atoms with Crippen LogP contribution < -0.4 is 24.8 Å². The number of rotatable bonds is 9. The zero-order valence-electron chi connectivity index (χ0n) is 20.5. The molecule has 206 valence electrons. The number of amides is 2. The first-order chi connectivity index (χ1) is 18.6. The van der Waals surface area contributed by atoms with Gasteiger partial charge in [-0.05, 0) is 25.1 Å². The monoisotopic (exact) mass is 553 g/mol. The zero-order chi connectivity index (χ0) is 28.3. The van der Waals surface area contributed by atoms with Crippen LogP contribution in [0.4, 0.5) is 38.3 Å². The highest BCUT2D eigenvalue weighted by atomic mass is 19.3. The molecule has 10 nitrogen and oxygen atoms in total. The summed E-state index contributed by atoms with van der Waals surface area (Å²) in [6.07, 6.45) is -5.71. The zero-order valence-corrected chi connectivity index (χ0v) is 20.5. The van der Waals surface area contributed by atoms with Crippen molar-refractivity contribution >= 4 is 28.4 Å². The summed E-state index contributed by atoms with van der Waals surface area (Å²) in [5, 5.41) is 8.25. The molecule has 4 rings (SSSR count). The van der Waals surface area contributed by atoms with E-state index in [9.17, 15) is 26.7 Å². The van der Waals surface area contributed by atoms with Gasteiger partial charge in [0.2, 0.25) is 5.88 Å². The molecule has 2 N–H and O–H groups in total. The Morgan fingerprint density at radius 3 is 2.31 bits per heavy atom. The average molecular weight is 553 g/mol. The highest BCUT2D eigenvalue weighted by Gasteiger charge is 2.49. The predicted octanol–water partition coefficient (Wildman–Crippen LogP) is 6.00. The van der Waals surface area contributed by atoms with E-state index in [1.165, 1.54) is 26.6 Å². The second kappa shape index (κ2) is 11.0. The molecular weight excluding hydrogens is 533 g/mol. The van der Waals surface area contributed by atoms with E-state index in [1.54, 1.807) is 12.1 Å². The van der Waals surface area contributed by atoms with Gasteiger partial charge in [-0.3, -0.25) is 5.32 Å². The number of hydrogen-bond acceptors (Lipinski definition) is 8. The van der Waals surface area contributed by atoms with Crippen LogP contribution in [0.15, 0.2) is 47.2 Å². The maximum atomic E-state index is 14.6. The van der Waals surface area contributed by atoms with E-state index < -0.39 is 41.7 Å². The number of urea groups is 1. The number of aromatic nitrogens is 3. The first-order valence-corrected chi connectivity index (χ1v) is 11.0. The number of nitrogens with one attached hydrogen (secondary N) is 2. The molecule has 2 amide bonds. The minimum absolute atomic E-state index is 0.0160. The van der Waals surface area contributed by atoms with Crippen molar-refractivity contribution < 1.29 is 45.5 Å². The molecule has 4 aromatic rings. The molecule has 0 aliphatic heterocycles. The molecule has 0 atom stereocenters. The fourth-order valence-corrected chi connectivity index (χ4v) is 3.38. The fourth-order valence-electron chi connectivity index (χ4n) is 3.38. The third kappa shape index (κ3) is 5.46. The Hall–Kier alpha value is -4.69. The highest BCUT2D eigenvalue weighted by molar-refractivity contribution is 5.99. The van der Waals surface area contributed by atoms with E-state index in [4.69, 9.17) is 14.2 Å². The minimum atomic E-state index is -3.46. The lowest BCUT2D eigenvalue weighted by Crippen LogP contribution is -2.38. The number of methoxy groups -OCH3 is 2. The molecule has 0 spiro atoms. The lowest BCUT2D eigenvalue weighted by molar-refractivity contribution is -0.0576. The number of hydrogen-bond donors (Lipinski definition) is 2. The lowest BCUT2D eigenvalue weighted by atomic mass is 9.88. The van der Waals surface area contributed by atoms with E-state index in [0.717, 1.165) is 18.2 Å². The third-order valence-corrected chi connectivity index (χ3v) is 5.69. The van der Waals surface area contributed by atoms with E-state index >= 15 is 0 Å². The lowest BCUT2D eigenvalue weighted by Gasteiger charge is -2.24. The van der Waals surface area contributed by atoms with Crippen molar-refractivity contribution in [3.8, 4) is 23.1 Å². The first-order valence-electron chi connectivity index (χ1n) is 11.0. The number of nitrogens with zero attached hydrogens (tertiary/aromatic N) is 3. The molecule has 39 heavy (non-hydrogen) atoms. The summed E-state index contributed by atoms with van der Waals surface area (Å²) in [6.45, 7) is 0.611. The molecular formula is C24H20F5N5O5. The van der Waals surface area contributed by atoms with Gasteiger partial charge in [-0.1, -0.05) is 5.16 Å². The van der Waals surface area contributed by atoms with Crippen molar-refractivity contribution in [2.75, 3.05) is 24.9 Å². The summed E-state index contributed by atoms with van der Waals surface area (Å²) in [5.41, 5.74) is -2.45. The molecule has 0 saturated carbocycles. The summed E-state index contributed by atoms with van der Waals surface area (Å²) in [6, 6.07) is 6.34. The predicted molar refractivity (Wildman–Crippen MR) is 128 cm³/mol. The van der Waals surface area contributed by atoms with Crippen LogP contribution in [0, 0.1) is 5.82 Å². The average Bonchev–Trinajstić information content (AvgIpc) is 3.37. The molecule has 0 radical (unpaired) electrons. The number of carbonyl (C=O) groups is 1. The van der Waals surface area contributed by atoms with Crippen LogP contribution in [0.5, 0.6) is 23.1 Å². The largest absolute Gasteiger partial charge is 0.493 e. The normalized spacial score (nSPS) is 11.6. The third-order valence-electron chi connectivity index (χ3n) is 5.69. The van der Waals surface area contributed by atoms with E-state index in [0.29, 0.717) is 29.3 Å². The SMILES string of the molecule is COc1cc2ncnc(Oc3cc(NC(=O)Nc4cc(C(C)(C(F)F)C(F)F)on4)ccc3F)c2cc1OC. The highest BCUT2D eigenvalue weighted by Crippen LogP contribution is 2.38. The Kier molecular flexibility index (Phi) is 7.69. The van der Waals surface area contributed by atoms with Crippen molar-refractivity contribution in [1.29, 1.82) is 0 Å². The standard InChI is InChI=1S/C24H20F5N5O5/c1-24(21(26)27,22(28)29)18-9-19(34-39-18)33-23(35)32-11-4-5-13(25)15(6-11)38-20-12-7-16(36-2)17(37-3)8-14(12)30-10-31-20/h4-10,21-22H,1-3H3,(H2,32,33,34,35). The number of ether oxygens (including phenoxy) is 3. The summed E-state index contributed by atoms with van der Waals surface area (Å²) in [4.78, 5) is 20.6. The molecule has 15 heteroatoms. The number of carbonyl (C=O) groups excluding carboxylic acids is 1. The topological polar surface area (TPSA) is 121 Å². The van der Waals surface area contributed by atoms with Crippen LogP contribution in [0.1, 0.15) is 12.7 Å². The van der Waals surface area contributed by atoms with Gasteiger partial charge < -0.3 is 24.1 Å². The number of anilines is 2. The first kappa shape index (κ1) is 27.3. The van der Waals surface area contributed by atoms with Gasteiger partial charge in [-0.2, -0.15) is 0 Å². The van der Waals surface area contributed by atoms with Crippen molar-refractivity contribution in [3.05, 3.63) is 54.3 Å². The second-order valence-electron chi connectivity index (χ2n) is 8.19. The van der Waals surface area contributed by atoms with E-state index in [1.807, 2.05) is 0 Å². The number of halogens is 5. The van der Waals surface area contributed by atoms with Crippen LogP contribution in [0.25, 0.3) is 10.9 Å². The fraction of sp³-hybridized carbons (Fsp3) is 0.250. The van der Waals surface area contributed by atoms with Gasteiger partial charge in [0, 0.05) is 23.9 Å². The van der Waals surface area contributed by atoms with Crippen molar-refractivity contribution in [1.82, 2.24) is 15.1 Å². The molecule has 0 aliphatic rings. The number of alkyl halides is 4. The molecule has 2 aromatic heterocycles. The molecule has 0 aliphatic carbocycles. The molecule has 2 aromatic carbocycles. The van der Waals surface area contributed by atoms with Crippen LogP contribution in [0.2, 0.25) is 0 Å². The van der Waals surface area contributed by atoms with Gasteiger partial charge in [-0.15, -0.1) is 0 Å². The number of benzene rings is 2. The maximum absolute atomic E-state index is 14.6. The van der Waals surface area contributed by atoms with Crippen LogP contribution >= 0.6 is 0 Å². The van der Waals surface area contributed by atoms with E-state index in [-0.39, 0.29) is 17.3 Å². The van der Waals surface area contributed by atoms with Crippen molar-refractivity contribution in [2.24, 2.45) is 0 Å². The molecule has 2 heterocycles. The van der Waals surface area contributed by atoms with Gasteiger partial charge in [0.05, 0.1) is 25.1 Å². The molecule has 0 bridgehead atoms. The molecule has 0 saturated heterocycles. The van der Waals surface area contributed by atoms with Crippen LogP contribution in [-0.2, 0) is 5.41 Å². The summed E-state index contributed by atoms with van der Waals surface area (Å²) in [5.74, 6) is -1.56. The Bertz CT molecular complexity index is 1490. The minimum Gasteiger partial charge on any atom is -0.493 e. The Balaban J connectivity index is 1.52. The Labute approximate surface area is 217 Å².